The van der Waals surface area contributed by atoms with Crippen molar-refractivity contribution in [1.82, 2.24) is 9.97 Å². The first-order valence-corrected chi connectivity index (χ1v) is 6.21. The first-order chi connectivity index (χ1) is 10.7. The maximum atomic E-state index is 11.2. The number of oxime groups is 1. The van der Waals surface area contributed by atoms with Crippen LogP contribution in [-0.2, 0) is 21.0 Å². The van der Waals surface area contributed by atoms with Gasteiger partial charge in [-0.1, -0.05) is 35.5 Å². The van der Waals surface area contributed by atoms with Crippen LogP contribution in [0.2, 0.25) is 0 Å². The van der Waals surface area contributed by atoms with Crippen LogP contribution < -0.4 is 5.32 Å². The molecular formula is C14H12N4O4. The molecule has 0 aliphatic rings. The van der Waals surface area contributed by atoms with Crippen molar-refractivity contribution < 1.29 is 19.5 Å². The summed E-state index contributed by atoms with van der Waals surface area (Å²) in [5.74, 6) is -1.33. The van der Waals surface area contributed by atoms with Crippen LogP contribution in [0.5, 0.6) is 0 Å². The van der Waals surface area contributed by atoms with Gasteiger partial charge in [0.15, 0.2) is 5.82 Å². The highest BCUT2D eigenvalue weighted by Gasteiger charge is 2.17. The summed E-state index contributed by atoms with van der Waals surface area (Å²) in [6, 6.07) is 10.6. The topological polar surface area (TPSA) is 114 Å². The van der Waals surface area contributed by atoms with E-state index in [0.717, 1.165) is 5.56 Å². The Bertz CT molecular complexity index is 688. The average molecular weight is 300 g/mol. The van der Waals surface area contributed by atoms with Gasteiger partial charge in [-0.2, -0.15) is 0 Å². The Morgan fingerprint density at radius 2 is 2.09 bits per heavy atom. The third-order valence-corrected chi connectivity index (χ3v) is 2.51. The molecule has 0 aliphatic heterocycles. The number of benzene rings is 1. The number of aliphatic carboxylic acids is 1. The van der Waals surface area contributed by atoms with Crippen molar-refractivity contribution in [2.75, 3.05) is 5.32 Å². The van der Waals surface area contributed by atoms with Gasteiger partial charge in [0.1, 0.15) is 12.4 Å². The normalized spacial score (nSPS) is 10.8. The van der Waals surface area contributed by atoms with Gasteiger partial charge in [-0.25, -0.2) is 14.8 Å². The molecule has 1 heterocycles. The predicted octanol–water partition coefficient (Wildman–Crippen LogP) is 1.05. The fourth-order valence-corrected chi connectivity index (χ4v) is 1.53. The molecule has 2 aromatic rings. The SMILES string of the molecule is O=CNc1ccnc(/C(=N\OCc2ccccc2)C(=O)O)n1. The van der Waals surface area contributed by atoms with Crippen molar-refractivity contribution in [1.29, 1.82) is 0 Å². The Labute approximate surface area is 125 Å². The largest absolute Gasteiger partial charge is 0.476 e. The van der Waals surface area contributed by atoms with Gasteiger partial charge < -0.3 is 15.3 Å². The summed E-state index contributed by atoms with van der Waals surface area (Å²) in [5.41, 5.74) is 0.388. The highest BCUT2D eigenvalue weighted by atomic mass is 16.6. The molecule has 2 rings (SSSR count). The van der Waals surface area contributed by atoms with Crippen molar-refractivity contribution >= 4 is 23.9 Å². The number of aromatic nitrogens is 2. The van der Waals surface area contributed by atoms with Crippen molar-refractivity contribution in [3.05, 3.63) is 54.0 Å². The van der Waals surface area contributed by atoms with Gasteiger partial charge in [-0.05, 0) is 11.6 Å². The molecule has 0 saturated carbocycles. The average Bonchev–Trinajstić information content (AvgIpc) is 2.53. The van der Waals surface area contributed by atoms with Gasteiger partial charge in [0.05, 0.1) is 0 Å². The van der Waals surface area contributed by atoms with Crippen molar-refractivity contribution in [2.45, 2.75) is 6.61 Å². The molecule has 0 fully saturated rings. The molecule has 0 radical (unpaired) electrons. The number of nitrogens with zero attached hydrogens (tertiary/aromatic N) is 3. The van der Waals surface area contributed by atoms with Gasteiger partial charge in [-0.3, -0.25) is 4.79 Å². The van der Waals surface area contributed by atoms with Gasteiger partial charge >= 0.3 is 5.97 Å². The maximum absolute atomic E-state index is 11.2. The third kappa shape index (κ3) is 4.10. The standard InChI is InChI=1S/C14H12N4O4/c19-9-16-11-6-7-15-13(17-11)12(14(20)21)18-22-8-10-4-2-1-3-5-10/h1-7,9H,8H2,(H,20,21)(H,15,16,17,19)/b18-12+. The molecule has 0 atom stereocenters. The van der Waals surface area contributed by atoms with E-state index in [1.807, 2.05) is 30.3 Å². The lowest BCUT2D eigenvalue weighted by molar-refractivity contribution is -0.129. The molecule has 1 amide bonds. The number of carbonyl (C=O) groups excluding carboxylic acids is 1. The molecule has 0 saturated heterocycles. The van der Waals surface area contributed by atoms with Crippen LogP contribution in [0, 0.1) is 0 Å². The van der Waals surface area contributed by atoms with Gasteiger partial charge in [0.25, 0.3) is 0 Å². The van der Waals surface area contributed by atoms with Gasteiger partial charge in [0.2, 0.25) is 12.1 Å². The number of rotatable bonds is 7. The molecule has 0 aliphatic carbocycles. The quantitative estimate of drug-likeness (QED) is 0.449. The zero-order chi connectivity index (χ0) is 15.8. The summed E-state index contributed by atoms with van der Waals surface area (Å²) < 4.78 is 0. The molecule has 0 unspecified atom stereocenters. The van der Waals surface area contributed by atoms with Crippen LogP contribution in [0.4, 0.5) is 5.82 Å². The Hall–Kier alpha value is -3.29. The molecule has 1 aromatic heterocycles. The van der Waals surface area contributed by atoms with E-state index in [4.69, 9.17) is 9.94 Å². The molecular weight excluding hydrogens is 288 g/mol. The number of hydrogen-bond acceptors (Lipinski definition) is 6. The lowest BCUT2D eigenvalue weighted by atomic mass is 10.2. The van der Waals surface area contributed by atoms with Gasteiger partial charge in [0, 0.05) is 6.20 Å². The minimum absolute atomic E-state index is 0.115. The van der Waals surface area contributed by atoms with Crippen LogP contribution in [0.15, 0.2) is 47.8 Å². The Balaban J connectivity index is 2.15. The highest BCUT2D eigenvalue weighted by molar-refractivity contribution is 6.41. The zero-order valence-corrected chi connectivity index (χ0v) is 11.3. The van der Waals surface area contributed by atoms with Crippen molar-refractivity contribution in [3.8, 4) is 0 Å². The number of anilines is 1. The Kier molecular flexibility index (Phi) is 5.14. The molecule has 22 heavy (non-hydrogen) atoms. The van der Waals surface area contributed by atoms with Crippen LogP contribution in [0.1, 0.15) is 11.4 Å². The van der Waals surface area contributed by atoms with Crippen LogP contribution in [0.25, 0.3) is 0 Å². The van der Waals surface area contributed by atoms with E-state index in [1.165, 1.54) is 12.3 Å². The van der Waals surface area contributed by atoms with E-state index in [2.05, 4.69) is 20.4 Å². The molecule has 0 spiro atoms. The minimum Gasteiger partial charge on any atom is -0.476 e. The zero-order valence-electron chi connectivity index (χ0n) is 11.3. The first-order valence-electron chi connectivity index (χ1n) is 6.21. The fourth-order valence-electron chi connectivity index (χ4n) is 1.53. The first kappa shape index (κ1) is 15.1. The number of carbonyl (C=O) groups is 2. The smallest absolute Gasteiger partial charge is 0.361 e. The summed E-state index contributed by atoms with van der Waals surface area (Å²) in [5, 5.41) is 15.0. The summed E-state index contributed by atoms with van der Waals surface area (Å²) in [7, 11) is 0. The van der Waals surface area contributed by atoms with E-state index < -0.39 is 11.7 Å². The van der Waals surface area contributed by atoms with Crippen molar-refractivity contribution in [2.24, 2.45) is 5.16 Å². The summed E-state index contributed by atoms with van der Waals surface area (Å²) in [4.78, 5) is 34.3. The van der Waals surface area contributed by atoms with Crippen molar-refractivity contribution in [3.63, 3.8) is 0 Å². The lowest BCUT2D eigenvalue weighted by Gasteiger charge is -2.03. The molecule has 0 bridgehead atoms. The fraction of sp³-hybridized carbons (Fsp3) is 0.0714. The van der Waals surface area contributed by atoms with E-state index in [1.54, 1.807) is 0 Å². The predicted molar refractivity (Wildman–Crippen MR) is 77.1 cm³/mol. The Morgan fingerprint density at radius 1 is 1.32 bits per heavy atom. The van der Waals surface area contributed by atoms with E-state index in [0.29, 0.717) is 6.41 Å². The number of carboxylic acids is 1. The number of amides is 1. The van der Waals surface area contributed by atoms with Crippen LogP contribution in [-0.4, -0.2) is 33.2 Å². The number of nitrogens with one attached hydrogen (secondary N) is 1. The van der Waals surface area contributed by atoms with E-state index in [-0.39, 0.29) is 18.2 Å². The minimum atomic E-state index is -1.34. The highest BCUT2D eigenvalue weighted by Crippen LogP contribution is 2.05. The molecule has 8 nitrogen and oxygen atoms in total. The Morgan fingerprint density at radius 3 is 2.77 bits per heavy atom. The monoisotopic (exact) mass is 300 g/mol. The summed E-state index contributed by atoms with van der Waals surface area (Å²) in [6.07, 6.45) is 1.74. The number of carboxylic acid groups (broad SMARTS) is 1. The second kappa shape index (κ2) is 7.48. The molecule has 112 valence electrons. The van der Waals surface area contributed by atoms with E-state index >= 15 is 0 Å². The molecule has 1 aromatic carbocycles. The lowest BCUT2D eigenvalue weighted by Crippen LogP contribution is -2.19. The second-order valence-corrected chi connectivity index (χ2v) is 4.03. The summed E-state index contributed by atoms with van der Waals surface area (Å²) in [6.45, 7) is 0.115. The maximum Gasteiger partial charge on any atom is 0.361 e. The molecule has 8 heteroatoms. The molecule has 2 N–H and O–H groups in total. The van der Waals surface area contributed by atoms with E-state index in [9.17, 15) is 9.59 Å². The van der Waals surface area contributed by atoms with Crippen LogP contribution in [0.3, 0.4) is 0 Å². The van der Waals surface area contributed by atoms with Gasteiger partial charge in [-0.15, -0.1) is 0 Å². The third-order valence-electron chi connectivity index (χ3n) is 2.51. The summed E-state index contributed by atoms with van der Waals surface area (Å²) >= 11 is 0. The number of hydrogen-bond donors (Lipinski definition) is 2. The van der Waals surface area contributed by atoms with Crippen LogP contribution >= 0.6 is 0 Å². The second-order valence-electron chi connectivity index (χ2n) is 4.03.